The molecule has 0 atom stereocenters. The number of hydrogen-bond acceptors (Lipinski definition) is 6. The van der Waals surface area contributed by atoms with Crippen molar-refractivity contribution in [1.82, 2.24) is 0 Å². The molecule has 20 heavy (non-hydrogen) atoms. The van der Waals surface area contributed by atoms with E-state index in [1.54, 1.807) is 12.2 Å². The summed E-state index contributed by atoms with van der Waals surface area (Å²) in [6.07, 6.45) is 3.88. The lowest BCUT2D eigenvalue weighted by molar-refractivity contribution is -0.104. The maximum atomic E-state index is 10.9. The highest BCUT2D eigenvalue weighted by Gasteiger charge is 2.53. The highest BCUT2D eigenvalue weighted by Crippen LogP contribution is 2.39. The van der Waals surface area contributed by atoms with Gasteiger partial charge < -0.3 is 9.31 Å². The maximum Gasteiger partial charge on any atom is 0.497 e. The molecule has 0 radical (unpaired) electrons. The van der Waals surface area contributed by atoms with Gasteiger partial charge in [0.2, 0.25) is 0 Å². The summed E-state index contributed by atoms with van der Waals surface area (Å²) in [4.78, 5) is 10.9. The molecule has 5 nitrogen and oxygen atoms in total. The highest BCUT2D eigenvalue weighted by atomic mass is 32.1. The van der Waals surface area contributed by atoms with Crippen molar-refractivity contribution in [3.05, 3.63) is 23.2 Å². The molecule has 0 aromatic heterocycles. The van der Waals surface area contributed by atoms with Crippen LogP contribution in [-0.4, -0.2) is 36.0 Å². The Hall–Kier alpha value is -1.18. The Morgan fingerprint density at radius 1 is 1.25 bits per heavy atom. The minimum Gasteiger partial charge on any atom is -0.399 e. The van der Waals surface area contributed by atoms with Crippen LogP contribution in [0.5, 0.6) is 0 Å². The zero-order chi connectivity index (χ0) is 15.1. The number of carbonyl (C=O) groups is 1. The average molecular weight is 292 g/mol. The third-order valence-electron chi connectivity index (χ3n) is 3.98. The minimum atomic E-state index is -0.629. The summed E-state index contributed by atoms with van der Waals surface area (Å²) in [5.74, 6) is 0. The Labute approximate surface area is 124 Å². The van der Waals surface area contributed by atoms with Gasteiger partial charge in [0.15, 0.2) is 6.29 Å². The number of rotatable bonds is 2. The fraction of sp³-hybridized carbons (Fsp3) is 0.462. The molecule has 106 valence electrons. The van der Waals surface area contributed by atoms with E-state index >= 15 is 0 Å². The Kier molecular flexibility index (Phi) is 3.79. The molecule has 0 aromatic rings. The lowest BCUT2D eigenvalue weighted by atomic mass is 9.71. The normalized spacial score (nSPS) is 26.6. The summed E-state index contributed by atoms with van der Waals surface area (Å²) in [7, 11) is -0.629. The van der Waals surface area contributed by atoms with Gasteiger partial charge in [0.25, 0.3) is 0 Å². The van der Waals surface area contributed by atoms with E-state index < -0.39 is 18.3 Å². The molecule has 2 aliphatic rings. The van der Waals surface area contributed by atoms with E-state index in [0.717, 1.165) is 0 Å². The summed E-state index contributed by atoms with van der Waals surface area (Å²) in [5.41, 5.74) is 0.250. The van der Waals surface area contributed by atoms with Gasteiger partial charge >= 0.3 is 7.12 Å². The van der Waals surface area contributed by atoms with Crippen molar-refractivity contribution in [3.63, 3.8) is 0 Å². The van der Waals surface area contributed by atoms with Gasteiger partial charge in [-0.2, -0.15) is 0 Å². The first-order valence-electron chi connectivity index (χ1n) is 6.28. The SMILES string of the molecule is CC1(C)OB(C2=CC=C(C=O)C(=N)/C2=N\S)OC1(C)C. The van der Waals surface area contributed by atoms with Gasteiger partial charge in [0, 0.05) is 11.0 Å². The Morgan fingerprint density at radius 2 is 1.80 bits per heavy atom. The van der Waals surface area contributed by atoms with Crippen molar-refractivity contribution in [2.24, 2.45) is 4.40 Å². The maximum absolute atomic E-state index is 10.9. The first-order valence-corrected chi connectivity index (χ1v) is 6.68. The number of hydrogen-bond donors (Lipinski definition) is 2. The minimum absolute atomic E-state index is 0.0298. The number of nitrogens with zero attached hydrogens (tertiary/aromatic N) is 1. The summed E-state index contributed by atoms with van der Waals surface area (Å²) in [5, 5.41) is 7.96. The van der Waals surface area contributed by atoms with Gasteiger partial charge in [0.1, 0.15) is 0 Å². The summed E-state index contributed by atoms with van der Waals surface area (Å²) < 4.78 is 15.7. The van der Waals surface area contributed by atoms with Crippen LogP contribution in [-0.2, 0) is 14.1 Å². The second-order valence-electron chi connectivity index (χ2n) is 5.77. The number of thiol groups is 1. The highest BCUT2D eigenvalue weighted by molar-refractivity contribution is 7.79. The van der Waals surface area contributed by atoms with Crippen molar-refractivity contribution in [2.75, 3.05) is 0 Å². The van der Waals surface area contributed by atoms with Crippen LogP contribution >= 0.6 is 12.8 Å². The molecule has 1 fully saturated rings. The summed E-state index contributed by atoms with van der Waals surface area (Å²) in [6, 6.07) is 0. The van der Waals surface area contributed by atoms with Gasteiger partial charge in [0.05, 0.1) is 22.6 Å². The lowest BCUT2D eigenvalue weighted by Gasteiger charge is -2.32. The monoisotopic (exact) mass is 292 g/mol. The first-order chi connectivity index (χ1) is 9.23. The Balaban J connectivity index is 2.39. The molecule has 1 saturated heterocycles. The van der Waals surface area contributed by atoms with Crippen LogP contribution in [0.1, 0.15) is 27.7 Å². The van der Waals surface area contributed by atoms with Crippen LogP contribution in [0.25, 0.3) is 0 Å². The predicted octanol–water partition coefficient (Wildman–Crippen LogP) is 1.99. The number of allylic oxidation sites excluding steroid dienone is 4. The largest absolute Gasteiger partial charge is 0.497 e. The van der Waals surface area contributed by atoms with Crippen molar-refractivity contribution in [3.8, 4) is 0 Å². The lowest BCUT2D eigenvalue weighted by Crippen LogP contribution is -2.41. The fourth-order valence-electron chi connectivity index (χ4n) is 1.99. The third-order valence-corrected chi connectivity index (χ3v) is 4.18. The molecule has 1 aliphatic carbocycles. The zero-order valence-electron chi connectivity index (χ0n) is 11.9. The molecule has 0 saturated carbocycles. The molecule has 0 spiro atoms. The Morgan fingerprint density at radius 3 is 2.25 bits per heavy atom. The molecule has 0 aromatic carbocycles. The van der Waals surface area contributed by atoms with Crippen LogP contribution in [0.3, 0.4) is 0 Å². The van der Waals surface area contributed by atoms with Gasteiger partial charge in [-0.1, -0.05) is 6.08 Å². The first kappa shape index (κ1) is 15.2. The molecule has 1 aliphatic heterocycles. The van der Waals surface area contributed by atoms with Crippen molar-refractivity contribution in [1.29, 1.82) is 5.41 Å². The van der Waals surface area contributed by atoms with Crippen molar-refractivity contribution in [2.45, 2.75) is 38.9 Å². The molecule has 0 unspecified atom stereocenters. The summed E-state index contributed by atoms with van der Waals surface area (Å²) in [6.45, 7) is 7.80. The molecule has 1 heterocycles. The van der Waals surface area contributed by atoms with Gasteiger partial charge in [-0.05, 0) is 46.6 Å². The molecule has 2 rings (SSSR count). The van der Waals surface area contributed by atoms with Gasteiger partial charge in [-0.3, -0.25) is 10.2 Å². The third kappa shape index (κ3) is 2.30. The Bertz CT molecular complexity index is 548. The van der Waals surface area contributed by atoms with Crippen LogP contribution in [0.15, 0.2) is 27.6 Å². The van der Waals surface area contributed by atoms with Crippen LogP contribution < -0.4 is 0 Å². The van der Waals surface area contributed by atoms with E-state index in [1.165, 1.54) is 0 Å². The number of carbonyl (C=O) groups excluding carboxylic acids is 1. The standard InChI is InChI=1S/C13H17BN2O3S/c1-12(2)13(3,4)19-14(18-12)9-6-5-8(7-17)10(15)11(9)16-20/h5-7,15,20H,1-4H3/b15-10?,16-11-. The average Bonchev–Trinajstić information content (AvgIpc) is 2.58. The second-order valence-corrected chi connectivity index (χ2v) is 5.97. The molecule has 1 N–H and O–H groups in total. The van der Waals surface area contributed by atoms with Crippen LogP contribution in [0.2, 0.25) is 0 Å². The number of aldehydes is 1. The van der Waals surface area contributed by atoms with Crippen LogP contribution in [0, 0.1) is 5.41 Å². The van der Waals surface area contributed by atoms with Crippen molar-refractivity contribution >= 4 is 37.6 Å². The summed E-state index contributed by atoms with van der Waals surface area (Å²) >= 11 is 3.89. The van der Waals surface area contributed by atoms with E-state index in [2.05, 4.69) is 17.2 Å². The van der Waals surface area contributed by atoms with E-state index in [9.17, 15) is 4.79 Å². The van der Waals surface area contributed by atoms with Gasteiger partial charge in [-0.15, -0.1) is 0 Å². The molecular weight excluding hydrogens is 275 g/mol. The van der Waals surface area contributed by atoms with E-state index in [1.807, 2.05) is 27.7 Å². The topological polar surface area (TPSA) is 71.7 Å². The van der Waals surface area contributed by atoms with E-state index in [0.29, 0.717) is 17.5 Å². The fourth-order valence-corrected chi connectivity index (χ4v) is 2.20. The quantitative estimate of drug-likeness (QED) is 0.354. The van der Waals surface area contributed by atoms with E-state index in [4.69, 9.17) is 14.7 Å². The molecular formula is C13H17BN2O3S. The second kappa shape index (κ2) is 4.98. The predicted molar refractivity (Wildman–Crippen MR) is 82.5 cm³/mol. The number of nitrogens with one attached hydrogen (secondary N) is 1. The van der Waals surface area contributed by atoms with Crippen LogP contribution in [0.4, 0.5) is 0 Å². The molecule has 0 amide bonds. The zero-order valence-corrected chi connectivity index (χ0v) is 12.8. The molecule has 0 bridgehead atoms. The van der Waals surface area contributed by atoms with Gasteiger partial charge in [-0.25, -0.2) is 4.40 Å². The van der Waals surface area contributed by atoms with E-state index in [-0.39, 0.29) is 11.3 Å². The molecule has 7 heteroatoms. The smallest absolute Gasteiger partial charge is 0.399 e. The van der Waals surface area contributed by atoms with Crippen molar-refractivity contribution < 1.29 is 14.1 Å².